The van der Waals surface area contributed by atoms with Gasteiger partial charge in [0.05, 0.1) is 12.6 Å². The second-order valence-corrected chi connectivity index (χ2v) is 3.20. The molecule has 0 aliphatic carbocycles. The van der Waals surface area contributed by atoms with Gasteiger partial charge in [-0.2, -0.15) is 0 Å². The average molecular weight is 157 g/mol. The number of hydrogen-bond acceptors (Lipinski definition) is 3. The van der Waals surface area contributed by atoms with Crippen molar-refractivity contribution in [2.75, 3.05) is 6.61 Å². The van der Waals surface area contributed by atoms with E-state index >= 15 is 0 Å². The molecule has 1 heterocycles. The lowest BCUT2D eigenvalue weighted by atomic mass is 10.2. The molecule has 3 N–H and O–H groups in total. The summed E-state index contributed by atoms with van der Waals surface area (Å²) in [5.74, 6) is 0. The van der Waals surface area contributed by atoms with Crippen LogP contribution in [0.3, 0.4) is 0 Å². The fraction of sp³-hybridized carbons (Fsp3) is 0.429. The number of aliphatic hydroxyl groups is 1. The minimum Gasteiger partial charge on any atom is -0.394 e. The molecule has 56 valence electrons. The zero-order valence-corrected chi connectivity index (χ0v) is 6.69. The summed E-state index contributed by atoms with van der Waals surface area (Å²) in [5, 5.41) is 10.7. The molecule has 0 radical (unpaired) electrons. The van der Waals surface area contributed by atoms with Crippen molar-refractivity contribution < 1.29 is 5.11 Å². The summed E-state index contributed by atoms with van der Waals surface area (Å²) < 4.78 is 0. The second-order valence-electron chi connectivity index (χ2n) is 2.26. The van der Waals surface area contributed by atoms with Crippen LogP contribution in [0.1, 0.15) is 16.5 Å². The number of thiophene rings is 1. The first-order chi connectivity index (χ1) is 4.75. The minimum atomic E-state index is -0.194. The molecule has 0 unspecified atom stereocenters. The van der Waals surface area contributed by atoms with Crippen LogP contribution in [0.4, 0.5) is 0 Å². The van der Waals surface area contributed by atoms with Crippen molar-refractivity contribution >= 4 is 11.3 Å². The predicted molar refractivity (Wildman–Crippen MR) is 43.1 cm³/mol. The Morgan fingerprint density at radius 3 is 2.90 bits per heavy atom. The van der Waals surface area contributed by atoms with E-state index in [-0.39, 0.29) is 12.6 Å². The van der Waals surface area contributed by atoms with Crippen LogP contribution < -0.4 is 5.73 Å². The quantitative estimate of drug-likeness (QED) is 0.674. The molecule has 0 aromatic carbocycles. The van der Waals surface area contributed by atoms with Gasteiger partial charge >= 0.3 is 0 Å². The van der Waals surface area contributed by atoms with Gasteiger partial charge in [0, 0.05) is 4.88 Å². The van der Waals surface area contributed by atoms with Crippen molar-refractivity contribution in [1.82, 2.24) is 0 Å². The Kier molecular flexibility index (Phi) is 2.43. The third-order valence-corrected chi connectivity index (χ3v) is 2.59. The molecule has 0 spiro atoms. The van der Waals surface area contributed by atoms with E-state index in [2.05, 4.69) is 0 Å². The number of aryl methyl sites for hydroxylation is 1. The molecule has 10 heavy (non-hydrogen) atoms. The van der Waals surface area contributed by atoms with E-state index < -0.39 is 0 Å². The zero-order chi connectivity index (χ0) is 7.56. The molecule has 0 fully saturated rings. The second kappa shape index (κ2) is 3.14. The monoisotopic (exact) mass is 157 g/mol. The van der Waals surface area contributed by atoms with Crippen LogP contribution in [0.2, 0.25) is 0 Å². The van der Waals surface area contributed by atoms with E-state index in [1.807, 2.05) is 18.4 Å². The summed E-state index contributed by atoms with van der Waals surface area (Å²) in [6, 6.07) is 1.81. The Labute approximate surface area is 64.3 Å². The summed E-state index contributed by atoms with van der Waals surface area (Å²) in [4.78, 5) is 1.09. The van der Waals surface area contributed by atoms with Crippen LogP contribution in [0.15, 0.2) is 11.4 Å². The maximum absolute atomic E-state index is 8.71. The molecule has 0 saturated heterocycles. The van der Waals surface area contributed by atoms with Gasteiger partial charge < -0.3 is 10.8 Å². The first kappa shape index (κ1) is 7.72. The first-order valence-corrected chi connectivity index (χ1v) is 4.04. The topological polar surface area (TPSA) is 46.2 Å². The standard InChI is InChI=1S/C7H11NOS/c1-5-2-3-10-7(5)6(8)4-9/h2-3,6,9H,4,8H2,1H3/t6-/m0/s1. The van der Waals surface area contributed by atoms with Gasteiger partial charge in [-0.15, -0.1) is 11.3 Å². The molecule has 2 nitrogen and oxygen atoms in total. The van der Waals surface area contributed by atoms with Gasteiger partial charge in [0.15, 0.2) is 0 Å². The molecule has 0 saturated carbocycles. The maximum Gasteiger partial charge on any atom is 0.0632 e. The maximum atomic E-state index is 8.71. The van der Waals surface area contributed by atoms with Crippen molar-refractivity contribution in [3.05, 3.63) is 21.9 Å². The van der Waals surface area contributed by atoms with Gasteiger partial charge in [-0.3, -0.25) is 0 Å². The van der Waals surface area contributed by atoms with Crippen LogP contribution in [0, 0.1) is 6.92 Å². The average Bonchev–Trinajstić information content (AvgIpc) is 2.34. The zero-order valence-electron chi connectivity index (χ0n) is 5.87. The van der Waals surface area contributed by atoms with Gasteiger partial charge in [0.25, 0.3) is 0 Å². The SMILES string of the molecule is Cc1ccsc1[C@@H](N)CO. The lowest BCUT2D eigenvalue weighted by Gasteiger charge is -2.05. The van der Waals surface area contributed by atoms with Crippen LogP contribution in [0.5, 0.6) is 0 Å². The van der Waals surface area contributed by atoms with Crippen molar-refractivity contribution in [1.29, 1.82) is 0 Å². The lowest BCUT2D eigenvalue weighted by Crippen LogP contribution is -2.13. The van der Waals surface area contributed by atoms with E-state index in [0.29, 0.717) is 0 Å². The molecule has 1 aromatic heterocycles. The molecule has 0 aliphatic rings. The summed E-state index contributed by atoms with van der Waals surface area (Å²) in [7, 11) is 0. The number of hydrogen-bond donors (Lipinski definition) is 2. The Hall–Kier alpha value is -0.380. The number of aliphatic hydroxyl groups excluding tert-OH is 1. The molecule has 1 atom stereocenters. The van der Waals surface area contributed by atoms with Crippen molar-refractivity contribution in [2.24, 2.45) is 5.73 Å². The molecule has 0 amide bonds. The van der Waals surface area contributed by atoms with Gasteiger partial charge in [0.1, 0.15) is 0 Å². The first-order valence-electron chi connectivity index (χ1n) is 3.16. The van der Waals surface area contributed by atoms with Gasteiger partial charge in [-0.05, 0) is 23.9 Å². The van der Waals surface area contributed by atoms with Gasteiger partial charge in [-0.1, -0.05) is 0 Å². The van der Waals surface area contributed by atoms with Crippen molar-refractivity contribution in [2.45, 2.75) is 13.0 Å². The van der Waals surface area contributed by atoms with E-state index in [1.165, 1.54) is 5.56 Å². The summed E-state index contributed by atoms with van der Waals surface area (Å²) in [6.07, 6.45) is 0. The summed E-state index contributed by atoms with van der Waals surface area (Å²) in [5.41, 5.74) is 6.77. The number of nitrogens with two attached hydrogens (primary N) is 1. The Morgan fingerprint density at radius 2 is 2.50 bits per heavy atom. The fourth-order valence-electron chi connectivity index (χ4n) is 0.847. The highest BCUT2D eigenvalue weighted by molar-refractivity contribution is 7.10. The third-order valence-electron chi connectivity index (χ3n) is 1.44. The van der Waals surface area contributed by atoms with Gasteiger partial charge in [-0.25, -0.2) is 0 Å². The van der Waals surface area contributed by atoms with Crippen LogP contribution in [-0.4, -0.2) is 11.7 Å². The largest absolute Gasteiger partial charge is 0.394 e. The fourth-order valence-corrected chi connectivity index (χ4v) is 1.77. The van der Waals surface area contributed by atoms with E-state index in [4.69, 9.17) is 10.8 Å². The predicted octanol–water partition coefficient (Wildman–Crippen LogP) is 1.05. The minimum absolute atomic E-state index is 0.0291. The highest BCUT2D eigenvalue weighted by Gasteiger charge is 2.07. The summed E-state index contributed by atoms with van der Waals surface area (Å²) >= 11 is 1.60. The molecule has 1 rings (SSSR count). The van der Waals surface area contributed by atoms with E-state index in [1.54, 1.807) is 11.3 Å². The highest BCUT2D eigenvalue weighted by Crippen LogP contribution is 2.21. The Morgan fingerprint density at radius 1 is 1.80 bits per heavy atom. The third kappa shape index (κ3) is 1.37. The summed E-state index contributed by atoms with van der Waals surface area (Å²) in [6.45, 7) is 2.03. The number of rotatable bonds is 2. The highest BCUT2D eigenvalue weighted by atomic mass is 32.1. The molecule has 1 aromatic rings. The molecule has 0 bridgehead atoms. The van der Waals surface area contributed by atoms with Crippen LogP contribution >= 0.6 is 11.3 Å². The van der Waals surface area contributed by atoms with Crippen molar-refractivity contribution in [3.63, 3.8) is 0 Å². The lowest BCUT2D eigenvalue weighted by molar-refractivity contribution is 0.269. The smallest absolute Gasteiger partial charge is 0.0632 e. The Bertz CT molecular complexity index is 209. The molecule has 0 aliphatic heterocycles. The van der Waals surface area contributed by atoms with Crippen molar-refractivity contribution in [3.8, 4) is 0 Å². The molecular formula is C7H11NOS. The van der Waals surface area contributed by atoms with E-state index in [0.717, 1.165) is 4.88 Å². The Balaban J connectivity index is 2.82. The molecule has 3 heteroatoms. The van der Waals surface area contributed by atoms with Crippen LogP contribution in [-0.2, 0) is 0 Å². The van der Waals surface area contributed by atoms with Gasteiger partial charge in [0.2, 0.25) is 0 Å². The normalized spacial score (nSPS) is 13.5. The molecular weight excluding hydrogens is 146 g/mol. The van der Waals surface area contributed by atoms with Crippen LogP contribution in [0.25, 0.3) is 0 Å². The van der Waals surface area contributed by atoms with E-state index in [9.17, 15) is 0 Å².